The maximum Gasteiger partial charge on any atom is 0.330 e. The van der Waals surface area contributed by atoms with E-state index in [-0.39, 0.29) is 11.2 Å². The second-order valence-electron chi connectivity index (χ2n) is 4.55. The van der Waals surface area contributed by atoms with Gasteiger partial charge in [-0.25, -0.2) is 4.79 Å². The first kappa shape index (κ1) is 12.1. The van der Waals surface area contributed by atoms with E-state index in [1.54, 1.807) is 10.8 Å². The van der Waals surface area contributed by atoms with Crippen molar-refractivity contribution in [2.24, 2.45) is 5.92 Å². The van der Waals surface area contributed by atoms with Gasteiger partial charge in [0.1, 0.15) is 0 Å². The van der Waals surface area contributed by atoms with E-state index >= 15 is 0 Å². The Hall–Kier alpha value is -1.36. The van der Waals surface area contributed by atoms with Gasteiger partial charge >= 0.3 is 5.69 Å². The predicted molar refractivity (Wildman–Crippen MR) is 66.2 cm³/mol. The van der Waals surface area contributed by atoms with Crippen molar-refractivity contribution in [2.45, 2.75) is 32.9 Å². The number of hydrogen-bond acceptors (Lipinski definition) is 3. The summed E-state index contributed by atoms with van der Waals surface area (Å²) >= 11 is 0. The van der Waals surface area contributed by atoms with Crippen LogP contribution < -0.4 is 16.6 Å². The molecule has 2 heterocycles. The van der Waals surface area contributed by atoms with Gasteiger partial charge < -0.3 is 9.88 Å². The van der Waals surface area contributed by atoms with Crippen LogP contribution in [-0.2, 0) is 13.1 Å². The van der Waals surface area contributed by atoms with E-state index in [0.717, 1.165) is 25.9 Å². The second kappa shape index (κ2) is 5.31. The molecule has 5 heteroatoms. The molecule has 94 valence electrons. The first-order chi connectivity index (χ1) is 8.22. The van der Waals surface area contributed by atoms with E-state index in [1.165, 1.54) is 10.6 Å². The topological polar surface area (TPSA) is 56.0 Å². The van der Waals surface area contributed by atoms with Crippen molar-refractivity contribution >= 4 is 0 Å². The van der Waals surface area contributed by atoms with Crippen molar-refractivity contribution in [3.8, 4) is 0 Å². The molecule has 0 saturated carbocycles. The standard InChI is InChI=1S/C12H19N3O2/c1-2-14-7-5-11(16)15(12(14)17)9-10-4-3-6-13-8-10/h5,7,10,13H,2-4,6,8-9H2,1H3. The number of nitrogens with zero attached hydrogens (tertiary/aromatic N) is 2. The lowest BCUT2D eigenvalue weighted by atomic mass is 10.00. The Morgan fingerprint density at radius 1 is 1.47 bits per heavy atom. The minimum atomic E-state index is -0.190. The van der Waals surface area contributed by atoms with Gasteiger partial charge in [-0.3, -0.25) is 9.36 Å². The molecule has 1 N–H and O–H groups in total. The highest BCUT2D eigenvalue weighted by Crippen LogP contribution is 2.10. The van der Waals surface area contributed by atoms with E-state index in [1.807, 2.05) is 6.92 Å². The summed E-state index contributed by atoms with van der Waals surface area (Å²) in [6.07, 6.45) is 3.77. The number of nitrogens with one attached hydrogen (secondary N) is 1. The Bertz CT molecular complexity index is 483. The van der Waals surface area contributed by atoms with E-state index in [9.17, 15) is 9.59 Å². The highest BCUT2D eigenvalue weighted by atomic mass is 16.2. The molecule has 0 aliphatic carbocycles. The zero-order chi connectivity index (χ0) is 12.3. The third-order valence-electron chi connectivity index (χ3n) is 3.32. The summed E-state index contributed by atoms with van der Waals surface area (Å²) in [4.78, 5) is 23.7. The molecule has 1 atom stereocenters. The number of piperidine rings is 1. The highest BCUT2D eigenvalue weighted by Gasteiger charge is 2.15. The summed E-state index contributed by atoms with van der Waals surface area (Å²) in [7, 11) is 0. The molecular formula is C12H19N3O2. The molecule has 0 bridgehead atoms. The average Bonchev–Trinajstić information content (AvgIpc) is 2.36. The molecule has 1 aliphatic rings. The fraction of sp³-hybridized carbons (Fsp3) is 0.667. The van der Waals surface area contributed by atoms with Crippen LogP contribution in [0.25, 0.3) is 0 Å². The summed E-state index contributed by atoms with van der Waals surface area (Å²) in [6, 6.07) is 1.47. The largest absolute Gasteiger partial charge is 0.330 e. The molecule has 0 amide bonds. The quantitative estimate of drug-likeness (QED) is 0.807. The first-order valence-corrected chi connectivity index (χ1v) is 6.23. The van der Waals surface area contributed by atoms with Crippen molar-refractivity contribution in [2.75, 3.05) is 13.1 Å². The van der Waals surface area contributed by atoms with Gasteiger partial charge in [0.05, 0.1) is 0 Å². The van der Waals surface area contributed by atoms with Gasteiger partial charge in [-0.05, 0) is 38.8 Å². The summed E-state index contributed by atoms with van der Waals surface area (Å²) < 4.78 is 2.93. The summed E-state index contributed by atoms with van der Waals surface area (Å²) in [5, 5.41) is 3.30. The lowest BCUT2D eigenvalue weighted by molar-refractivity contribution is 0.325. The van der Waals surface area contributed by atoms with Gasteiger partial charge in [0.25, 0.3) is 5.56 Å². The van der Waals surface area contributed by atoms with Crippen molar-refractivity contribution in [1.29, 1.82) is 0 Å². The predicted octanol–water partition coefficient (Wildman–Crippen LogP) is 0.0295. The van der Waals surface area contributed by atoms with E-state index in [2.05, 4.69) is 5.32 Å². The summed E-state index contributed by atoms with van der Waals surface area (Å²) in [5.74, 6) is 0.391. The van der Waals surface area contributed by atoms with Gasteiger partial charge in [-0.2, -0.15) is 0 Å². The number of aromatic nitrogens is 2. The minimum Gasteiger partial charge on any atom is -0.316 e. The molecule has 1 fully saturated rings. The zero-order valence-electron chi connectivity index (χ0n) is 10.2. The molecule has 0 aromatic carbocycles. The Morgan fingerprint density at radius 2 is 2.29 bits per heavy atom. The van der Waals surface area contributed by atoms with E-state index < -0.39 is 0 Å². The number of aryl methyl sites for hydroxylation is 1. The van der Waals surface area contributed by atoms with Gasteiger partial charge in [-0.1, -0.05) is 0 Å². The van der Waals surface area contributed by atoms with Crippen molar-refractivity contribution in [3.63, 3.8) is 0 Å². The zero-order valence-corrected chi connectivity index (χ0v) is 10.2. The van der Waals surface area contributed by atoms with Crippen LogP contribution in [0.1, 0.15) is 19.8 Å². The maximum atomic E-state index is 12.0. The van der Waals surface area contributed by atoms with Crippen LogP contribution in [0, 0.1) is 5.92 Å². The molecule has 1 unspecified atom stereocenters. The Kier molecular flexibility index (Phi) is 3.78. The number of rotatable bonds is 3. The van der Waals surface area contributed by atoms with Crippen LogP contribution in [0.3, 0.4) is 0 Å². The van der Waals surface area contributed by atoms with Crippen LogP contribution in [0.2, 0.25) is 0 Å². The lowest BCUT2D eigenvalue weighted by Crippen LogP contribution is -2.42. The van der Waals surface area contributed by atoms with Crippen molar-refractivity contribution in [1.82, 2.24) is 14.5 Å². The van der Waals surface area contributed by atoms with Crippen molar-refractivity contribution < 1.29 is 0 Å². The summed E-state index contributed by atoms with van der Waals surface area (Å²) in [5.41, 5.74) is -0.379. The van der Waals surface area contributed by atoms with Crippen LogP contribution >= 0.6 is 0 Å². The SMILES string of the molecule is CCn1ccc(=O)n(CC2CCCNC2)c1=O. The fourth-order valence-corrected chi connectivity index (χ4v) is 2.30. The lowest BCUT2D eigenvalue weighted by Gasteiger charge is -2.23. The van der Waals surface area contributed by atoms with Crippen LogP contribution in [0.15, 0.2) is 21.9 Å². The van der Waals surface area contributed by atoms with Crippen LogP contribution in [-0.4, -0.2) is 22.2 Å². The molecule has 1 saturated heterocycles. The van der Waals surface area contributed by atoms with Crippen molar-refractivity contribution in [3.05, 3.63) is 33.1 Å². The van der Waals surface area contributed by atoms with E-state index in [4.69, 9.17) is 0 Å². The Morgan fingerprint density at radius 3 is 2.94 bits per heavy atom. The van der Waals surface area contributed by atoms with Crippen LogP contribution in [0.5, 0.6) is 0 Å². The number of hydrogen-bond donors (Lipinski definition) is 1. The molecule has 0 spiro atoms. The van der Waals surface area contributed by atoms with E-state index in [0.29, 0.717) is 19.0 Å². The first-order valence-electron chi connectivity index (χ1n) is 6.23. The Labute approximate surface area is 100 Å². The molecule has 5 nitrogen and oxygen atoms in total. The molecule has 1 aliphatic heterocycles. The molecule has 0 radical (unpaired) electrons. The monoisotopic (exact) mass is 237 g/mol. The maximum absolute atomic E-state index is 12.0. The molecule has 1 aromatic rings. The molecular weight excluding hydrogens is 218 g/mol. The third kappa shape index (κ3) is 2.66. The van der Waals surface area contributed by atoms with Crippen LogP contribution in [0.4, 0.5) is 0 Å². The average molecular weight is 237 g/mol. The normalized spacial score (nSPS) is 20.4. The Balaban J connectivity index is 2.25. The molecule has 1 aromatic heterocycles. The smallest absolute Gasteiger partial charge is 0.316 e. The fourth-order valence-electron chi connectivity index (χ4n) is 2.30. The van der Waals surface area contributed by atoms with Gasteiger partial charge in [0, 0.05) is 25.4 Å². The molecule has 2 rings (SSSR count). The minimum absolute atomic E-state index is 0.189. The molecule has 17 heavy (non-hydrogen) atoms. The highest BCUT2D eigenvalue weighted by molar-refractivity contribution is 4.87. The van der Waals surface area contributed by atoms with Gasteiger partial charge in [-0.15, -0.1) is 0 Å². The summed E-state index contributed by atoms with van der Waals surface area (Å²) in [6.45, 7) is 4.97. The van der Waals surface area contributed by atoms with Gasteiger partial charge in [0.2, 0.25) is 0 Å². The third-order valence-corrected chi connectivity index (χ3v) is 3.32. The second-order valence-corrected chi connectivity index (χ2v) is 4.55. The van der Waals surface area contributed by atoms with Gasteiger partial charge in [0.15, 0.2) is 0 Å².